The maximum atomic E-state index is 13.4. The summed E-state index contributed by atoms with van der Waals surface area (Å²) in [5.41, 5.74) is 3.26. The van der Waals surface area contributed by atoms with Crippen LogP contribution >= 0.6 is 11.8 Å². The van der Waals surface area contributed by atoms with Gasteiger partial charge in [-0.15, -0.1) is 11.8 Å². The fraction of sp³-hybridized carbons (Fsp3) is 0.594. The van der Waals surface area contributed by atoms with Gasteiger partial charge in [-0.25, -0.2) is 0 Å². The minimum absolute atomic E-state index is 0.0158. The summed E-state index contributed by atoms with van der Waals surface area (Å²) in [6.07, 6.45) is -0.417. The number of ether oxygens (including phenoxy) is 1. The number of likely N-dealkylation sites (tertiary alicyclic amines) is 1. The normalized spacial score (nSPS) is 19.4. The van der Waals surface area contributed by atoms with E-state index >= 15 is 0 Å². The summed E-state index contributed by atoms with van der Waals surface area (Å²) in [5.74, 6) is -1.68. The van der Waals surface area contributed by atoms with Gasteiger partial charge in [0.05, 0.1) is 31.4 Å². The first-order chi connectivity index (χ1) is 21.3. The molecule has 248 valence electrons. The second-order valence-electron chi connectivity index (χ2n) is 12.1. The van der Waals surface area contributed by atoms with Gasteiger partial charge >= 0.3 is 5.97 Å². The van der Waals surface area contributed by atoms with Crippen LogP contribution in [0.25, 0.3) is 4.91 Å². The van der Waals surface area contributed by atoms with Gasteiger partial charge in [0.1, 0.15) is 12.1 Å². The maximum Gasteiger partial charge on any atom is 0.306 e. The highest BCUT2D eigenvalue weighted by atomic mass is 32.2. The average molecular weight is 646 g/mol. The van der Waals surface area contributed by atoms with Crippen LogP contribution in [0.3, 0.4) is 0 Å². The van der Waals surface area contributed by atoms with Gasteiger partial charge in [0.15, 0.2) is 0 Å². The molecule has 0 saturated carbocycles. The summed E-state index contributed by atoms with van der Waals surface area (Å²) < 4.78 is 4.55. The number of thioether (sulfide) groups is 1. The highest BCUT2D eigenvalue weighted by Gasteiger charge is 2.40. The lowest BCUT2D eigenvalue weighted by Gasteiger charge is -2.28. The number of allylic oxidation sites excluding steroid dienone is 1. The molecule has 0 aliphatic carbocycles. The molecule has 0 aromatic heterocycles. The van der Waals surface area contributed by atoms with Crippen molar-refractivity contribution in [1.82, 2.24) is 25.8 Å². The Morgan fingerprint density at radius 1 is 1.07 bits per heavy atom. The number of nitrogens with one attached hydrogen (secondary N) is 3. The van der Waals surface area contributed by atoms with Gasteiger partial charge in [0.2, 0.25) is 23.6 Å². The minimum atomic E-state index is -0.958. The molecule has 4 atom stereocenters. The number of amides is 4. The van der Waals surface area contributed by atoms with E-state index in [4.69, 9.17) is 0 Å². The molecule has 1 aromatic carbocycles. The van der Waals surface area contributed by atoms with Crippen molar-refractivity contribution in [3.05, 3.63) is 41.1 Å². The SMILES string of the molecule is COC(=O)CCC(=O)NC[C@@H](CC(C)C)C(=O)N[C@@H](C)C(=O)N1C[C@H](O)C[C@H]1C(=O)NCc1ccc(C2=C(C)N(C)CS2)cc1. The Kier molecular flexibility index (Phi) is 13.3. The van der Waals surface area contributed by atoms with Crippen LogP contribution in [-0.2, 0) is 35.3 Å². The molecule has 0 unspecified atom stereocenters. The molecule has 3 rings (SSSR count). The predicted molar refractivity (Wildman–Crippen MR) is 172 cm³/mol. The summed E-state index contributed by atoms with van der Waals surface area (Å²) in [4.78, 5) is 68.0. The molecule has 45 heavy (non-hydrogen) atoms. The fourth-order valence-corrected chi connectivity index (χ4v) is 6.54. The topological polar surface area (TPSA) is 157 Å². The molecule has 4 N–H and O–H groups in total. The van der Waals surface area contributed by atoms with E-state index in [0.717, 1.165) is 17.0 Å². The van der Waals surface area contributed by atoms with Crippen molar-refractivity contribution in [2.24, 2.45) is 11.8 Å². The van der Waals surface area contributed by atoms with Gasteiger partial charge in [-0.05, 0) is 37.3 Å². The number of rotatable bonds is 14. The first kappa shape index (κ1) is 35.9. The van der Waals surface area contributed by atoms with Gasteiger partial charge < -0.3 is 35.6 Å². The Bertz CT molecular complexity index is 1270. The van der Waals surface area contributed by atoms with E-state index in [0.29, 0.717) is 6.42 Å². The molecule has 4 amide bonds. The summed E-state index contributed by atoms with van der Waals surface area (Å²) in [6, 6.07) is 6.17. The minimum Gasteiger partial charge on any atom is -0.469 e. The number of carbonyl (C=O) groups is 5. The molecule has 2 aliphatic rings. The Hall–Kier alpha value is -3.58. The zero-order valence-electron chi connectivity index (χ0n) is 27.1. The molecule has 1 aromatic rings. The van der Waals surface area contributed by atoms with Crippen molar-refractivity contribution in [2.75, 3.05) is 33.1 Å². The summed E-state index contributed by atoms with van der Waals surface area (Å²) in [7, 11) is 3.31. The Balaban J connectivity index is 1.56. The third kappa shape index (κ3) is 10.2. The van der Waals surface area contributed by atoms with E-state index in [-0.39, 0.29) is 56.6 Å². The van der Waals surface area contributed by atoms with E-state index in [1.165, 1.54) is 22.6 Å². The fourth-order valence-electron chi connectivity index (χ4n) is 5.35. The molecule has 13 heteroatoms. The monoisotopic (exact) mass is 645 g/mol. The third-order valence-corrected chi connectivity index (χ3v) is 9.37. The van der Waals surface area contributed by atoms with Crippen molar-refractivity contribution >= 4 is 46.3 Å². The van der Waals surface area contributed by atoms with Crippen LogP contribution in [0.2, 0.25) is 0 Å². The van der Waals surface area contributed by atoms with E-state index in [1.807, 2.05) is 38.1 Å². The number of methoxy groups -OCH3 is 1. The van der Waals surface area contributed by atoms with Crippen LogP contribution in [0.1, 0.15) is 64.5 Å². The summed E-state index contributed by atoms with van der Waals surface area (Å²) >= 11 is 1.79. The molecule has 1 fully saturated rings. The third-order valence-electron chi connectivity index (χ3n) is 8.04. The molecular weight excluding hydrogens is 598 g/mol. The smallest absolute Gasteiger partial charge is 0.306 e. The van der Waals surface area contributed by atoms with Crippen LogP contribution in [-0.4, -0.2) is 95.8 Å². The number of hydrogen-bond acceptors (Lipinski definition) is 9. The number of carbonyl (C=O) groups excluding carboxylic acids is 5. The quantitative estimate of drug-likeness (QED) is 0.222. The lowest BCUT2D eigenvalue weighted by atomic mass is 9.95. The standard InChI is InChI=1S/C32H47N5O7S/c1-19(2)13-24(16-33-27(39)11-12-28(40)44-6)30(41)35-20(3)32(43)37-17-25(38)14-26(37)31(42)34-15-22-7-9-23(10-8-22)29-21(4)36(5)18-45-29/h7-10,19-20,24-26,38H,11-18H2,1-6H3,(H,33,39)(H,34,42)(H,35,41)/t20-,24+,25+,26-/m0/s1. The van der Waals surface area contributed by atoms with Crippen LogP contribution in [0.4, 0.5) is 0 Å². The van der Waals surface area contributed by atoms with E-state index in [2.05, 4.69) is 39.6 Å². The van der Waals surface area contributed by atoms with Crippen LogP contribution < -0.4 is 16.0 Å². The summed E-state index contributed by atoms with van der Waals surface area (Å²) in [5, 5.41) is 18.7. The highest BCUT2D eigenvalue weighted by molar-refractivity contribution is 8.08. The van der Waals surface area contributed by atoms with Crippen molar-refractivity contribution in [1.29, 1.82) is 0 Å². The van der Waals surface area contributed by atoms with E-state index < -0.39 is 41.9 Å². The first-order valence-corrected chi connectivity index (χ1v) is 16.3. The first-order valence-electron chi connectivity index (χ1n) is 15.3. The van der Waals surface area contributed by atoms with Gasteiger partial charge in [0, 0.05) is 50.1 Å². The second-order valence-corrected chi connectivity index (χ2v) is 13.1. The zero-order valence-corrected chi connectivity index (χ0v) is 27.9. The molecular formula is C32H47N5O7S. The molecule has 2 heterocycles. The Morgan fingerprint density at radius 2 is 1.76 bits per heavy atom. The average Bonchev–Trinajstić information content (AvgIpc) is 3.57. The van der Waals surface area contributed by atoms with Crippen molar-refractivity contribution in [3.63, 3.8) is 0 Å². The Morgan fingerprint density at radius 3 is 2.36 bits per heavy atom. The van der Waals surface area contributed by atoms with E-state index in [1.54, 1.807) is 18.7 Å². The lowest BCUT2D eigenvalue weighted by Crippen LogP contribution is -2.53. The molecule has 0 spiro atoms. The molecule has 12 nitrogen and oxygen atoms in total. The summed E-state index contributed by atoms with van der Waals surface area (Å²) in [6.45, 7) is 7.84. The second kappa shape index (κ2) is 16.6. The largest absolute Gasteiger partial charge is 0.469 e. The van der Waals surface area contributed by atoms with Gasteiger partial charge in [0.25, 0.3) is 0 Å². The number of benzene rings is 1. The molecule has 2 aliphatic heterocycles. The number of aliphatic hydroxyl groups excluding tert-OH is 1. The van der Waals surface area contributed by atoms with Gasteiger partial charge in [-0.3, -0.25) is 24.0 Å². The number of nitrogens with zero attached hydrogens (tertiary/aromatic N) is 2. The highest BCUT2D eigenvalue weighted by Crippen LogP contribution is 2.38. The number of esters is 1. The van der Waals surface area contributed by atoms with Crippen molar-refractivity contribution < 1.29 is 33.8 Å². The predicted octanol–water partition coefficient (Wildman–Crippen LogP) is 1.83. The van der Waals surface area contributed by atoms with Crippen LogP contribution in [0.5, 0.6) is 0 Å². The van der Waals surface area contributed by atoms with Crippen LogP contribution in [0.15, 0.2) is 30.0 Å². The van der Waals surface area contributed by atoms with Gasteiger partial charge in [-0.1, -0.05) is 38.1 Å². The number of β-amino-alcohol motifs (C(OH)–C–C–N with tert-alkyl or cyclic N) is 1. The molecule has 0 radical (unpaired) electrons. The van der Waals surface area contributed by atoms with E-state index in [9.17, 15) is 29.1 Å². The van der Waals surface area contributed by atoms with Gasteiger partial charge in [-0.2, -0.15) is 0 Å². The zero-order chi connectivity index (χ0) is 33.3. The molecule has 0 bridgehead atoms. The number of hydrogen-bond donors (Lipinski definition) is 4. The van der Waals surface area contributed by atoms with Crippen molar-refractivity contribution in [2.45, 2.75) is 78.1 Å². The molecule has 1 saturated heterocycles. The van der Waals surface area contributed by atoms with Crippen molar-refractivity contribution in [3.8, 4) is 0 Å². The number of aliphatic hydroxyl groups is 1. The van der Waals surface area contributed by atoms with Crippen LogP contribution in [0, 0.1) is 11.8 Å². The Labute approximate surface area is 269 Å². The maximum absolute atomic E-state index is 13.4. The lowest BCUT2D eigenvalue weighted by molar-refractivity contribution is -0.142.